The van der Waals surface area contributed by atoms with Gasteiger partial charge in [0.25, 0.3) is 0 Å². The lowest BCUT2D eigenvalue weighted by Crippen LogP contribution is -2.41. The van der Waals surface area contributed by atoms with Crippen LogP contribution in [0, 0.1) is 0 Å². The van der Waals surface area contributed by atoms with Gasteiger partial charge in [-0.1, -0.05) is 6.42 Å². The van der Waals surface area contributed by atoms with Gasteiger partial charge in [-0.25, -0.2) is 9.97 Å². The predicted octanol–water partition coefficient (Wildman–Crippen LogP) is 1.57. The number of likely N-dealkylation sites (tertiary alicyclic amines) is 2. The molecule has 28 heavy (non-hydrogen) atoms. The van der Waals surface area contributed by atoms with E-state index in [4.69, 9.17) is 4.98 Å². The molecule has 4 rings (SSSR count). The van der Waals surface area contributed by atoms with Crippen molar-refractivity contribution in [1.82, 2.24) is 24.7 Å². The SMILES string of the molecule is CC(=O)N1CCc2nc([C@H]3CCN(C(=O)C[C@@H]4CCCCN4C)C3)ncc2C1. The Morgan fingerprint density at radius 2 is 2.00 bits per heavy atom. The largest absolute Gasteiger partial charge is 0.342 e. The van der Waals surface area contributed by atoms with E-state index in [1.165, 1.54) is 12.8 Å². The zero-order valence-electron chi connectivity index (χ0n) is 17.1. The van der Waals surface area contributed by atoms with Crippen molar-refractivity contribution in [3.8, 4) is 0 Å². The minimum Gasteiger partial charge on any atom is -0.342 e. The fraction of sp³-hybridized carbons (Fsp3) is 0.714. The van der Waals surface area contributed by atoms with Crippen LogP contribution in [0.15, 0.2) is 6.20 Å². The molecule has 0 aromatic carbocycles. The van der Waals surface area contributed by atoms with Crippen LogP contribution in [-0.2, 0) is 22.6 Å². The van der Waals surface area contributed by atoms with Crippen molar-refractivity contribution in [2.24, 2.45) is 0 Å². The summed E-state index contributed by atoms with van der Waals surface area (Å²) in [7, 11) is 2.14. The van der Waals surface area contributed by atoms with Gasteiger partial charge in [-0.15, -0.1) is 0 Å². The van der Waals surface area contributed by atoms with Crippen molar-refractivity contribution < 1.29 is 9.59 Å². The number of amides is 2. The second-order valence-corrected chi connectivity index (χ2v) is 8.55. The van der Waals surface area contributed by atoms with Crippen molar-refractivity contribution in [2.75, 3.05) is 33.2 Å². The second-order valence-electron chi connectivity index (χ2n) is 8.55. The zero-order chi connectivity index (χ0) is 19.7. The molecule has 7 nitrogen and oxygen atoms in total. The van der Waals surface area contributed by atoms with Crippen molar-refractivity contribution in [3.63, 3.8) is 0 Å². The van der Waals surface area contributed by atoms with E-state index in [1.807, 2.05) is 16.0 Å². The number of hydrogen-bond acceptors (Lipinski definition) is 5. The lowest BCUT2D eigenvalue weighted by atomic mass is 9.99. The van der Waals surface area contributed by atoms with Gasteiger partial charge < -0.3 is 14.7 Å². The Labute approximate surface area is 167 Å². The van der Waals surface area contributed by atoms with Gasteiger partial charge in [0.2, 0.25) is 11.8 Å². The van der Waals surface area contributed by atoms with Crippen molar-refractivity contribution in [1.29, 1.82) is 0 Å². The van der Waals surface area contributed by atoms with Crippen LogP contribution in [0.1, 0.15) is 62.0 Å². The number of hydrogen-bond donors (Lipinski definition) is 0. The molecular formula is C21H31N5O2. The topological polar surface area (TPSA) is 69.6 Å². The summed E-state index contributed by atoms with van der Waals surface area (Å²) in [4.78, 5) is 40.0. The summed E-state index contributed by atoms with van der Waals surface area (Å²) in [6.07, 6.45) is 7.84. The maximum atomic E-state index is 12.8. The molecule has 1 aromatic rings. The Morgan fingerprint density at radius 1 is 1.14 bits per heavy atom. The molecule has 7 heteroatoms. The van der Waals surface area contributed by atoms with Crippen LogP contribution in [-0.4, -0.2) is 75.8 Å². The lowest BCUT2D eigenvalue weighted by molar-refractivity contribution is -0.132. The van der Waals surface area contributed by atoms with E-state index in [0.29, 0.717) is 19.0 Å². The molecule has 2 atom stereocenters. The molecule has 0 aliphatic carbocycles. The molecule has 2 fully saturated rings. The first-order valence-corrected chi connectivity index (χ1v) is 10.6. The summed E-state index contributed by atoms with van der Waals surface area (Å²) < 4.78 is 0. The molecule has 3 aliphatic heterocycles. The van der Waals surface area contributed by atoms with Gasteiger partial charge in [0.1, 0.15) is 5.82 Å². The van der Waals surface area contributed by atoms with E-state index < -0.39 is 0 Å². The monoisotopic (exact) mass is 385 g/mol. The molecule has 0 N–H and O–H groups in total. The van der Waals surface area contributed by atoms with E-state index in [9.17, 15) is 9.59 Å². The van der Waals surface area contributed by atoms with Crippen LogP contribution in [0.4, 0.5) is 0 Å². The maximum absolute atomic E-state index is 12.8. The van der Waals surface area contributed by atoms with Crippen LogP contribution in [0.2, 0.25) is 0 Å². The fourth-order valence-electron chi connectivity index (χ4n) is 4.73. The van der Waals surface area contributed by atoms with E-state index in [0.717, 1.165) is 62.5 Å². The van der Waals surface area contributed by atoms with Gasteiger partial charge >= 0.3 is 0 Å². The summed E-state index contributed by atoms with van der Waals surface area (Å²) in [5.74, 6) is 1.46. The smallest absolute Gasteiger partial charge is 0.224 e. The van der Waals surface area contributed by atoms with E-state index in [2.05, 4.69) is 16.9 Å². The quantitative estimate of drug-likeness (QED) is 0.790. The summed E-state index contributed by atoms with van der Waals surface area (Å²) in [5, 5.41) is 0. The Bertz CT molecular complexity index is 752. The van der Waals surface area contributed by atoms with Crippen molar-refractivity contribution in [2.45, 2.75) is 64.0 Å². The molecular weight excluding hydrogens is 354 g/mol. The Kier molecular flexibility index (Phi) is 5.62. The molecule has 2 amide bonds. The first kappa shape index (κ1) is 19.3. The van der Waals surface area contributed by atoms with Gasteiger partial charge in [-0.3, -0.25) is 9.59 Å². The first-order chi connectivity index (χ1) is 13.5. The molecule has 0 spiro atoms. The van der Waals surface area contributed by atoms with Crippen LogP contribution in [0.25, 0.3) is 0 Å². The average Bonchev–Trinajstić information content (AvgIpc) is 3.19. The molecule has 1 aromatic heterocycles. The Balaban J connectivity index is 1.36. The van der Waals surface area contributed by atoms with Crippen LogP contribution >= 0.6 is 0 Å². The molecule has 0 saturated carbocycles. The van der Waals surface area contributed by atoms with Crippen LogP contribution in [0.3, 0.4) is 0 Å². The second kappa shape index (κ2) is 8.15. The molecule has 3 aliphatic rings. The third kappa shape index (κ3) is 4.04. The van der Waals surface area contributed by atoms with E-state index >= 15 is 0 Å². The van der Waals surface area contributed by atoms with Crippen LogP contribution < -0.4 is 0 Å². The van der Waals surface area contributed by atoms with Gasteiger partial charge in [-0.05, 0) is 32.9 Å². The molecule has 152 valence electrons. The highest BCUT2D eigenvalue weighted by molar-refractivity contribution is 5.77. The highest BCUT2D eigenvalue weighted by atomic mass is 16.2. The van der Waals surface area contributed by atoms with Gasteiger partial charge in [0.05, 0.1) is 5.69 Å². The third-order valence-electron chi connectivity index (χ3n) is 6.64. The Hall–Kier alpha value is -2.02. The van der Waals surface area contributed by atoms with Gasteiger partial charge in [0.15, 0.2) is 0 Å². The molecule has 0 bridgehead atoms. The number of nitrogens with zero attached hydrogens (tertiary/aromatic N) is 5. The van der Waals surface area contributed by atoms with Gasteiger partial charge in [-0.2, -0.15) is 0 Å². The number of rotatable bonds is 3. The van der Waals surface area contributed by atoms with Crippen molar-refractivity contribution >= 4 is 11.8 Å². The maximum Gasteiger partial charge on any atom is 0.224 e. The van der Waals surface area contributed by atoms with Crippen molar-refractivity contribution in [3.05, 3.63) is 23.3 Å². The lowest BCUT2D eigenvalue weighted by Gasteiger charge is -2.33. The minimum absolute atomic E-state index is 0.100. The van der Waals surface area contributed by atoms with Gasteiger partial charge in [0, 0.05) is 69.7 Å². The standard InChI is InChI=1S/C21H31N5O2/c1-15(27)25-10-7-19-17(14-25)12-22-21(23-19)16-6-9-26(13-16)20(28)11-18-5-3-4-8-24(18)2/h12,16,18H,3-11,13-14H2,1-2H3/t16-,18-/m0/s1. The average molecular weight is 386 g/mol. The number of carbonyl (C=O) groups excluding carboxylic acids is 2. The Morgan fingerprint density at radius 3 is 2.79 bits per heavy atom. The number of aromatic nitrogens is 2. The molecule has 0 radical (unpaired) electrons. The minimum atomic E-state index is 0.100. The highest BCUT2D eigenvalue weighted by Gasteiger charge is 2.32. The summed E-state index contributed by atoms with van der Waals surface area (Å²) in [5.41, 5.74) is 2.12. The summed E-state index contributed by atoms with van der Waals surface area (Å²) >= 11 is 0. The van der Waals surface area contributed by atoms with Crippen LogP contribution in [0.5, 0.6) is 0 Å². The number of fused-ring (bicyclic) bond motifs is 1. The van der Waals surface area contributed by atoms with E-state index in [-0.39, 0.29) is 17.7 Å². The normalized spacial score (nSPS) is 25.6. The highest BCUT2D eigenvalue weighted by Crippen LogP contribution is 2.28. The first-order valence-electron chi connectivity index (χ1n) is 10.6. The fourth-order valence-corrected chi connectivity index (χ4v) is 4.73. The van der Waals surface area contributed by atoms with E-state index in [1.54, 1.807) is 6.92 Å². The number of carbonyl (C=O) groups is 2. The molecule has 2 saturated heterocycles. The molecule has 0 unspecified atom stereocenters. The molecule has 4 heterocycles. The number of piperidine rings is 1. The zero-order valence-corrected chi connectivity index (χ0v) is 17.1. The third-order valence-corrected chi connectivity index (χ3v) is 6.64. The predicted molar refractivity (Wildman–Crippen MR) is 106 cm³/mol. The summed E-state index contributed by atoms with van der Waals surface area (Å²) in [6.45, 7) is 5.57. The summed E-state index contributed by atoms with van der Waals surface area (Å²) in [6, 6.07) is 0.393.